The molecule has 0 atom stereocenters. The largest absolute Gasteiger partial charge is 0.478 e. The van der Waals surface area contributed by atoms with Crippen molar-refractivity contribution in [3.63, 3.8) is 0 Å². The second kappa shape index (κ2) is 4.29. The molecule has 14 heavy (non-hydrogen) atoms. The molecule has 0 radical (unpaired) electrons. The van der Waals surface area contributed by atoms with Gasteiger partial charge in [-0.05, 0) is 23.6 Å². The number of rotatable bonds is 3. The maximum absolute atomic E-state index is 10.8. The third-order valence-electron chi connectivity index (χ3n) is 2.08. The maximum atomic E-state index is 10.8. The van der Waals surface area contributed by atoms with Gasteiger partial charge in [-0.2, -0.15) is 0 Å². The molecule has 0 aliphatic rings. The fourth-order valence-corrected chi connectivity index (χ4v) is 1.74. The zero-order chi connectivity index (χ0) is 10.7. The first-order chi connectivity index (χ1) is 6.61. The Bertz CT molecular complexity index is 383. The lowest BCUT2D eigenvalue weighted by Crippen LogP contribution is -2.01. The average Bonchev–Trinajstić information content (AvgIpc) is 2.16. The molecular weight excluding hydrogens is 200 g/mol. The summed E-state index contributed by atoms with van der Waals surface area (Å²) in [7, 11) is 0. The molecule has 0 spiro atoms. The fourth-order valence-electron chi connectivity index (χ4n) is 1.35. The Kier molecular flexibility index (Phi) is 3.31. The van der Waals surface area contributed by atoms with E-state index in [0.29, 0.717) is 11.4 Å². The molecule has 0 aliphatic carbocycles. The fraction of sp³-hybridized carbons (Fsp3) is 0.182. The van der Waals surface area contributed by atoms with Gasteiger partial charge in [0.1, 0.15) is 0 Å². The normalized spacial score (nSPS) is 9.86. The van der Waals surface area contributed by atoms with Crippen LogP contribution in [0.4, 0.5) is 0 Å². The maximum Gasteiger partial charge on any atom is 0.337 e. The molecule has 0 fully saturated rings. The van der Waals surface area contributed by atoms with Gasteiger partial charge < -0.3 is 5.11 Å². The van der Waals surface area contributed by atoms with Crippen LogP contribution >= 0.6 is 11.6 Å². The first-order valence-corrected chi connectivity index (χ1v) is 4.66. The molecular formula is C11H11ClO2. The van der Waals surface area contributed by atoms with E-state index in [1.165, 1.54) is 6.07 Å². The molecule has 1 aromatic rings. The van der Waals surface area contributed by atoms with Crippen molar-refractivity contribution in [3.05, 3.63) is 40.4 Å². The minimum absolute atomic E-state index is 0.147. The zero-order valence-electron chi connectivity index (χ0n) is 7.88. The number of carboxylic acids is 1. The average molecular weight is 211 g/mol. The summed E-state index contributed by atoms with van der Waals surface area (Å²) in [6, 6.07) is 3.22. The Hall–Kier alpha value is -1.28. The van der Waals surface area contributed by atoms with Crippen molar-refractivity contribution in [2.75, 3.05) is 0 Å². The predicted octanol–water partition coefficient (Wildman–Crippen LogP) is 3.24. The minimum atomic E-state index is -1.000. The summed E-state index contributed by atoms with van der Waals surface area (Å²) >= 11 is 5.96. The summed E-state index contributed by atoms with van der Waals surface area (Å²) < 4.78 is 0. The summed E-state index contributed by atoms with van der Waals surface area (Å²) in [6.07, 6.45) is 2.37. The van der Waals surface area contributed by atoms with Crippen LogP contribution in [0.25, 0.3) is 6.08 Å². The highest BCUT2D eigenvalue weighted by Gasteiger charge is 2.13. The number of aromatic carboxylic acids is 1. The minimum Gasteiger partial charge on any atom is -0.478 e. The van der Waals surface area contributed by atoms with Crippen LogP contribution < -0.4 is 0 Å². The molecule has 1 aromatic carbocycles. The molecule has 0 saturated carbocycles. The van der Waals surface area contributed by atoms with Gasteiger partial charge >= 0.3 is 5.97 Å². The van der Waals surface area contributed by atoms with Gasteiger partial charge in [0.25, 0.3) is 0 Å². The molecule has 0 unspecified atom stereocenters. The first-order valence-electron chi connectivity index (χ1n) is 4.28. The lowest BCUT2D eigenvalue weighted by Gasteiger charge is -2.08. The second-order valence-corrected chi connectivity index (χ2v) is 3.24. The van der Waals surface area contributed by atoms with Crippen LogP contribution in [-0.4, -0.2) is 11.1 Å². The third kappa shape index (κ3) is 1.80. The topological polar surface area (TPSA) is 37.3 Å². The van der Waals surface area contributed by atoms with Gasteiger partial charge in [0.2, 0.25) is 0 Å². The van der Waals surface area contributed by atoms with E-state index in [1.54, 1.807) is 12.1 Å². The summed E-state index contributed by atoms with van der Waals surface area (Å²) in [6.45, 7) is 5.58. The standard InChI is InChI=1S/C11H11ClO2/c1-3-7-5-6-9(11(13)14)10(12)8(7)4-2/h3,5-6H,1,4H2,2H3,(H,13,14). The van der Waals surface area contributed by atoms with Crippen LogP contribution in [0.15, 0.2) is 18.7 Å². The van der Waals surface area contributed by atoms with E-state index in [-0.39, 0.29) is 5.56 Å². The number of halogens is 1. The van der Waals surface area contributed by atoms with Crippen LogP contribution in [0.1, 0.15) is 28.4 Å². The van der Waals surface area contributed by atoms with E-state index in [4.69, 9.17) is 16.7 Å². The molecule has 3 heteroatoms. The molecule has 0 heterocycles. The number of carbonyl (C=O) groups is 1. The van der Waals surface area contributed by atoms with Crippen molar-refractivity contribution in [1.82, 2.24) is 0 Å². The monoisotopic (exact) mass is 210 g/mol. The van der Waals surface area contributed by atoms with Crippen molar-refractivity contribution in [3.8, 4) is 0 Å². The van der Waals surface area contributed by atoms with Gasteiger partial charge in [-0.3, -0.25) is 0 Å². The Morgan fingerprint density at radius 2 is 2.29 bits per heavy atom. The number of carboxylic acid groups (broad SMARTS) is 1. The van der Waals surface area contributed by atoms with Crippen molar-refractivity contribution in [1.29, 1.82) is 0 Å². The molecule has 1 N–H and O–H groups in total. The van der Waals surface area contributed by atoms with Crippen molar-refractivity contribution >= 4 is 23.6 Å². The summed E-state index contributed by atoms with van der Waals surface area (Å²) in [5.74, 6) is -1.000. The Morgan fingerprint density at radius 1 is 1.64 bits per heavy atom. The number of hydrogen-bond acceptors (Lipinski definition) is 1. The van der Waals surface area contributed by atoms with E-state index in [1.807, 2.05) is 6.92 Å². The lowest BCUT2D eigenvalue weighted by atomic mass is 10.0. The second-order valence-electron chi connectivity index (χ2n) is 2.86. The van der Waals surface area contributed by atoms with E-state index in [2.05, 4.69) is 6.58 Å². The van der Waals surface area contributed by atoms with Crippen LogP contribution in [0, 0.1) is 0 Å². The van der Waals surface area contributed by atoms with Gasteiger partial charge in [0.15, 0.2) is 0 Å². The van der Waals surface area contributed by atoms with Crippen LogP contribution in [0.3, 0.4) is 0 Å². The van der Waals surface area contributed by atoms with Gasteiger partial charge in [-0.15, -0.1) is 0 Å². The van der Waals surface area contributed by atoms with Crippen LogP contribution in [-0.2, 0) is 6.42 Å². The van der Waals surface area contributed by atoms with Gasteiger partial charge in [0.05, 0.1) is 10.6 Å². The Morgan fingerprint density at radius 3 is 2.71 bits per heavy atom. The smallest absolute Gasteiger partial charge is 0.337 e. The molecule has 0 saturated heterocycles. The van der Waals surface area contributed by atoms with Gasteiger partial charge in [0, 0.05) is 0 Å². The van der Waals surface area contributed by atoms with Crippen molar-refractivity contribution in [2.24, 2.45) is 0 Å². The zero-order valence-corrected chi connectivity index (χ0v) is 8.64. The van der Waals surface area contributed by atoms with E-state index < -0.39 is 5.97 Å². The highest BCUT2D eigenvalue weighted by molar-refractivity contribution is 6.34. The highest BCUT2D eigenvalue weighted by Crippen LogP contribution is 2.26. The summed E-state index contributed by atoms with van der Waals surface area (Å²) in [5.41, 5.74) is 1.87. The predicted molar refractivity (Wildman–Crippen MR) is 57.9 cm³/mol. The Balaban J connectivity index is 3.42. The molecule has 2 nitrogen and oxygen atoms in total. The molecule has 0 aromatic heterocycles. The van der Waals surface area contributed by atoms with Crippen molar-refractivity contribution in [2.45, 2.75) is 13.3 Å². The van der Waals surface area contributed by atoms with Gasteiger partial charge in [-0.1, -0.05) is 37.2 Å². The summed E-state index contributed by atoms with van der Waals surface area (Å²) in [4.78, 5) is 10.8. The first kappa shape index (κ1) is 10.8. The van der Waals surface area contributed by atoms with Crippen LogP contribution in [0.5, 0.6) is 0 Å². The molecule has 0 amide bonds. The summed E-state index contributed by atoms with van der Waals surface area (Å²) in [5, 5.41) is 9.16. The van der Waals surface area contributed by atoms with E-state index in [9.17, 15) is 4.79 Å². The Labute approximate surface area is 87.8 Å². The molecule has 74 valence electrons. The van der Waals surface area contributed by atoms with E-state index >= 15 is 0 Å². The quantitative estimate of drug-likeness (QED) is 0.832. The van der Waals surface area contributed by atoms with Crippen LogP contribution in [0.2, 0.25) is 5.02 Å². The molecule has 0 aliphatic heterocycles. The number of benzene rings is 1. The van der Waals surface area contributed by atoms with E-state index in [0.717, 1.165) is 11.1 Å². The lowest BCUT2D eigenvalue weighted by molar-refractivity contribution is 0.0697. The molecule has 1 rings (SSSR count). The molecule has 0 bridgehead atoms. The van der Waals surface area contributed by atoms with Crippen molar-refractivity contribution < 1.29 is 9.90 Å². The van der Waals surface area contributed by atoms with Gasteiger partial charge in [-0.25, -0.2) is 4.79 Å². The SMILES string of the molecule is C=Cc1ccc(C(=O)O)c(Cl)c1CC. The third-order valence-corrected chi connectivity index (χ3v) is 2.52. The number of hydrogen-bond donors (Lipinski definition) is 1. The highest BCUT2D eigenvalue weighted by atomic mass is 35.5.